The van der Waals surface area contributed by atoms with Gasteiger partial charge in [-0.1, -0.05) is 56.2 Å². The normalized spacial score (nSPS) is 19.0. The van der Waals surface area contributed by atoms with Crippen LogP contribution in [-0.4, -0.2) is 0 Å². The predicted molar refractivity (Wildman–Crippen MR) is 57.7 cm³/mol. The number of hydrogen-bond donors (Lipinski definition) is 0. The van der Waals surface area contributed by atoms with Crippen molar-refractivity contribution in [3.05, 3.63) is 41.5 Å². The molecular formula is C13H16. The maximum atomic E-state index is 2.35. The van der Waals surface area contributed by atoms with Gasteiger partial charge in [0.25, 0.3) is 0 Å². The molecule has 1 aliphatic carbocycles. The number of hydrogen-bond acceptors (Lipinski definition) is 0. The Balaban J connectivity index is 2.14. The van der Waals surface area contributed by atoms with Crippen LogP contribution in [0.15, 0.2) is 30.3 Å². The van der Waals surface area contributed by atoms with Crippen molar-refractivity contribution in [2.75, 3.05) is 0 Å². The van der Waals surface area contributed by atoms with E-state index in [1.807, 2.05) is 0 Å². The van der Waals surface area contributed by atoms with E-state index in [9.17, 15) is 0 Å². The third-order valence-corrected chi connectivity index (χ3v) is 2.77. The van der Waals surface area contributed by atoms with Gasteiger partial charge in [0.05, 0.1) is 0 Å². The molecule has 0 radical (unpaired) electrons. The molecule has 0 spiro atoms. The van der Waals surface area contributed by atoms with Crippen LogP contribution in [0, 0.1) is 0 Å². The van der Waals surface area contributed by atoms with Gasteiger partial charge in [0.2, 0.25) is 0 Å². The van der Waals surface area contributed by atoms with Crippen LogP contribution in [0.3, 0.4) is 0 Å². The van der Waals surface area contributed by atoms with Gasteiger partial charge in [0.1, 0.15) is 0 Å². The zero-order valence-electron chi connectivity index (χ0n) is 8.16. The van der Waals surface area contributed by atoms with Crippen molar-refractivity contribution in [3.8, 4) is 0 Å². The molecule has 13 heavy (non-hydrogen) atoms. The first kappa shape index (κ1) is 8.55. The lowest BCUT2D eigenvalue weighted by Gasteiger charge is -2.09. The SMILES string of the molecule is CCCCC1C=Cc2ccccc21. The Labute approximate surface area is 80.3 Å². The first-order valence-corrected chi connectivity index (χ1v) is 5.19. The average Bonchev–Trinajstić information content (AvgIpc) is 2.58. The van der Waals surface area contributed by atoms with E-state index < -0.39 is 0 Å². The molecular weight excluding hydrogens is 156 g/mol. The van der Waals surface area contributed by atoms with Gasteiger partial charge in [0, 0.05) is 5.92 Å². The van der Waals surface area contributed by atoms with E-state index in [0.29, 0.717) is 5.92 Å². The lowest BCUT2D eigenvalue weighted by Crippen LogP contribution is -1.92. The Morgan fingerprint density at radius 2 is 2.08 bits per heavy atom. The Hall–Kier alpha value is -1.04. The highest BCUT2D eigenvalue weighted by atomic mass is 14.2. The summed E-state index contributed by atoms with van der Waals surface area (Å²) in [6.45, 7) is 2.25. The van der Waals surface area contributed by atoms with Crippen molar-refractivity contribution < 1.29 is 0 Å². The number of rotatable bonds is 3. The van der Waals surface area contributed by atoms with E-state index in [4.69, 9.17) is 0 Å². The largest absolute Gasteiger partial charge is 0.0764 e. The standard InChI is InChI=1S/C13H16/c1-2-3-6-11-9-10-12-7-4-5-8-13(11)12/h4-5,7-11H,2-3,6H2,1H3. The quantitative estimate of drug-likeness (QED) is 0.646. The number of fused-ring (bicyclic) bond motifs is 1. The molecule has 0 amide bonds. The monoisotopic (exact) mass is 172 g/mol. The molecule has 1 unspecified atom stereocenters. The summed E-state index contributed by atoms with van der Waals surface area (Å²) in [6.07, 6.45) is 8.55. The van der Waals surface area contributed by atoms with Gasteiger partial charge in [0.15, 0.2) is 0 Å². The van der Waals surface area contributed by atoms with E-state index >= 15 is 0 Å². The molecule has 0 bridgehead atoms. The molecule has 0 heteroatoms. The molecule has 0 saturated carbocycles. The van der Waals surface area contributed by atoms with E-state index in [0.717, 1.165) is 0 Å². The van der Waals surface area contributed by atoms with Crippen molar-refractivity contribution in [2.45, 2.75) is 32.1 Å². The van der Waals surface area contributed by atoms with E-state index in [1.165, 1.54) is 30.4 Å². The fraction of sp³-hybridized carbons (Fsp3) is 0.385. The lowest BCUT2D eigenvalue weighted by atomic mass is 9.96. The smallest absolute Gasteiger partial charge is 0.00272 e. The minimum Gasteiger partial charge on any atom is -0.0764 e. The average molecular weight is 172 g/mol. The number of allylic oxidation sites excluding steroid dienone is 1. The minimum atomic E-state index is 0.691. The maximum Gasteiger partial charge on any atom is 0.00272 e. The maximum absolute atomic E-state index is 2.35. The van der Waals surface area contributed by atoms with Crippen molar-refractivity contribution in [2.24, 2.45) is 0 Å². The second-order valence-electron chi connectivity index (χ2n) is 3.74. The summed E-state index contributed by atoms with van der Waals surface area (Å²) in [5.41, 5.74) is 2.94. The molecule has 2 rings (SSSR count). The highest BCUT2D eigenvalue weighted by Gasteiger charge is 2.14. The Morgan fingerprint density at radius 1 is 1.23 bits per heavy atom. The summed E-state index contributed by atoms with van der Waals surface area (Å²) in [4.78, 5) is 0. The second-order valence-corrected chi connectivity index (χ2v) is 3.74. The van der Waals surface area contributed by atoms with Gasteiger partial charge in [-0.05, 0) is 17.5 Å². The Kier molecular flexibility index (Phi) is 2.49. The molecule has 0 nitrogen and oxygen atoms in total. The van der Waals surface area contributed by atoms with Crippen LogP contribution >= 0.6 is 0 Å². The first-order valence-electron chi connectivity index (χ1n) is 5.19. The van der Waals surface area contributed by atoms with E-state index in [-0.39, 0.29) is 0 Å². The van der Waals surface area contributed by atoms with Crippen LogP contribution in [0.25, 0.3) is 6.08 Å². The van der Waals surface area contributed by atoms with Crippen LogP contribution in [0.4, 0.5) is 0 Å². The molecule has 68 valence electrons. The van der Waals surface area contributed by atoms with E-state index in [2.05, 4.69) is 43.3 Å². The highest BCUT2D eigenvalue weighted by molar-refractivity contribution is 5.62. The van der Waals surface area contributed by atoms with Gasteiger partial charge in [-0.25, -0.2) is 0 Å². The van der Waals surface area contributed by atoms with Crippen molar-refractivity contribution in [3.63, 3.8) is 0 Å². The van der Waals surface area contributed by atoms with Crippen LogP contribution in [0.2, 0.25) is 0 Å². The summed E-state index contributed by atoms with van der Waals surface area (Å²) in [5, 5.41) is 0. The van der Waals surface area contributed by atoms with Crippen LogP contribution in [-0.2, 0) is 0 Å². The Morgan fingerprint density at radius 3 is 2.92 bits per heavy atom. The molecule has 1 aromatic rings. The number of unbranched alkanes of at least 4 members (excludes halogenated alkanes) is 1. The van der Waals surface area contributed by atoms with Crippen LogP contribution in [0.1, 0.15) is 43.2 Å². The predicted octanol–water partition coefficient (Wildman–Crippen LogP) is 3.99. The molecule has 1 aliphatic rings. The van der Waals surface area contributed by atoms with Gasteiger partial charge < -0.3 is 0 Å². The van der Waals surface area contributed by atoms with Crippen molar-refractivity contribution >= 4 is 6.08 Å². The third kappa shape index (κ3) is 1.67. The minimum absolute atomic E-state index is 0.691. The number of benzene rings is 1. The van der Waals surface area contributed by atoms with Gasteiger partial charge in [-0.15, -0.1) is 0 Å². The Bertz CT molecular complexity index is 310. The first-order chi connectivity index (χ1) is 6.42. The lowest BCUT2D eigenvalue weighted by molar-refractivity contribution is 0.669. The molecule has 1 atom stereocenters. The van der Waals surface area contributed by atoms with Crippen LogP contribution < -0.4 is 0 Å². The molecule has 0 N–H and O–H groups in total. The molecule has 0 saturated heterocycles. The second kappa shape index (κ2) is 3.78. The fourth-order valence-corrected chi connectivity index (χ4v) is 2.00. The summed E-state index contributed by atoms with van der Waals surface area (Å²) in [6, 6.07) is 8.73. The van der Waals surface area contributed by atoms with Gasteiger partial charge in [-0.3, -0.25) is 0 Å². The third-order valence-electron chi connectivity index (χ3n) is 2.77. The van der Waals surface area contributed by atoms with Crippen molar-refractivity contribution in [1.29, 1.82) is 0 Å². The fourth-order valence-electron chi connectivity index (χ4n) is 2.00. The topological polar surface area (TPSA) is 0 Å². The van der Waals surface area contributed by atoms with Gasteiger partial charge >= 0.3 is 0 Å². The molecule has 0 aliphatic heterocycles. The summed E-state index contributed by atoms with van der Waals surface area (Å²) < 4.78 is 0. The molecule has 1 aromatic carbocycles. The molecule has 0 heterocycles. The zero-order chi connectivity index (χ0) is 9.10. The summed E-state index contributed by atoms with van der Waals surface area (Å²) in [5.74, 6) is 0.691. The molecule has 0 fully saturated rings. The summed E-state index contributed by atoms with van der Waals surface area (Å²) in [7, 11) is 0. The van der Waals surface area contributed by atoms with Gasteiger partial charge in [-0.2, -0.15) is 0 Å². The van der Waals surface area contributed by atoms with Crippen molar-refractivity contribution in [1.82, 2.24) is 0 Å². The van der Waals surface area contributed by atoms with E-state index in [1.54, 1.807) is 0 Å². The summed E-state index contributed by atoms with van der Waals surface area (Å²) >= 11 is 0. The highest BCUT2D eigenvalue weighted by Crippen LogP contribution is 2.33. The van der Waals surface area contributed by atoms with Crippen LogP contribution in [0.5, 0.6) is 0 Å². The molecule has 0 aromatic heterocycles. The zero-order valence-corrected chi connectivity index (χ0v) is 8.16.